The minimum atomic E-state index is -1.07. The number of carboxylic acids is 1. The Bertz CT molecular complexity index is 378. The minimum absolute atomic E-state index is 0.122. The zero-order valence-corrected chi connectivity index (χ0v) is 13.8. The predicted molar refractivity (Wildman–Crippen MR) is 80.6 cm³/mol. The summed E-state index contributed by atoms with van der Waals surface area (Å²) in [6.07, 6.45) is 0.336. The SMILES string of the molecule is CC(C)CC(=O)N[C@H](C(=O)N[C@@H](C(=O)O)C(C)C)C(C)C. The second-order valence-electron chi connectivity index (χ2n) is 6.46. The van der Waals surface area contributed by atoms with Crippen molar-refractivity contribution in [2.45, 2.75) is 60.0 Å². The summed E-state index contributed by atoms with van der Waals surface area (Å²) in [6, 6.07) is -1.68. The highest BCUT2D eigenvalue weighted by Crippen LogP contribution is 2.08. The molecule has 0 radical (unpaired) electrons. The molecule has 0 saturated heterocycles. The van der Waals surface area contributed by atoms with Gasteiger partial charge in [0.25, 0.3) is 0 Å². The van der Waals surface area contributed by atoms with E-state index in [1.165, 1.54) is 0 Å². The molecule has 0 aliphatic rings. The highest BCUT2D eigenvalue weighted by molar-refractivity contribution is 5.90. The Balaban J connectivity index is 4.84. The van der Waals surface area contributed by atoms with E-state index in [0.29, 0.717) is 6.42 Å². The third-order valence-electron chi connectivity index (χ3n) is 3.09. The van der Waals surface area contributed by atoms with Crippen molar-refractivity contribution in [1.29, 1.82) is 0 Å². The van der Waals surface area contributed by atoms with Gasteiger partial charge in [0.1, 0.15) is 12.1 Å². The summed E-state index contributed by atoms with van der Waals surface area (Å²) in [5.74, 6) is -1.88. The molecule has 6 heteroatoms. The number of aliphatic carboxylic acids is 1. The van der Waals surface area contributed by atoms with Crippen LogP contribution in [-0.4, -0.2) is 35.0 Å². The van der Waals surface area contributed by atoms with Gasteiger partial charge in [0.05, 0.1) is 0 Å². The van der Waals surface area contributed by atoms with Crippen LogP contribution in [-0.2, 0) is 14.4 Å². The lowest BCUT2D eigenvalue weighted by atomic mass is 9.99. The molecule has 3 N–H and O–H groups in total. The van der Waals surface area contributed by atoms with Crippen LogP contribution in [0.5, 0.6) is 0 Å². The fourth-order valence-corrected chi connectivity index (χ4v) is 1.89. The van der Waals surface area contributed by atoms with Gasteiger partial charge in [-0.3, -0.25) is 9.59 Å². The van der Waals surface area contributed by atoms with Gasteiger partial charge in [0.2, 0.25) is 11.8 Å². The molecule has 0 fully saturated rings. The van der Waals surface area contributed by atoms with E-state index in [0.717, 1.165) is 0 Å². The van der Waals surface area contributed by atoms with Crippen LogP contribution in [0.1, 0.15) is 48.0 Å². The maximum atomic E-state index is 12.2. The summed E-state index contributed by atoms with van der Waals surface area (Å²) in [6.45, 7) is 10.9. The third-order valence-corrected chi connectivity index (χ3v) is 3.09. The molecule has 0 aromatic carbocycles. The van der Waals surface area contributed by atoms with Crippen LogP contribution in [0.4, 0.5) is 0 Å². The van der Waals surface area contributed by atoms with E-state index in [2.05, 4.69) is 10.6 Å². The van der Waals surface area contributed by atoms with Gasteiger partial charge in [-0.15, -0.1) is 0 Å². The Kier molecular flexibility index (Phi) is 7.99. The molecule has 0 aliphatic carbocycles. The fraction of sp³-hybridized carbons (Fsp3) is 0.800. The number of hydrogen-bond acceptors (Lipinski definition) is 3. The molecule has 0 unspecified atom stereocenters. The van der Waals surface area contributed by atoms with Gasteiger partial charge in [-0.25, -0.2) is 4.79 Å². The van der Waals surface area contributed by atoms with Gasteiger partial charge >= 0.3 is 5.97 Å². The van der Waals surface area contributed by atoms with Crippen LogP contribution in [0.2, 0.25) is 0 Å². The van der Waals surface area contributed by atoms with E-state index in [9.17, 15) is 14.4 Å². The first-order valence-electron chi connectivity index (χ1n) is 7.38. The normalized spacial score (nSPS) is 14.1. The summed E-state index contributed by atoms with van der Waals surface area (Å²) in [4.78, 5) is 35.2. The average molecular weight is 300 g/mol. The summed E-state index contributed by atoms with van der Waals surface area (Å²) < 4.78 is 0. The molecule has 2 amide bonds. The van der Waals surface area contributed by atoms with Crippen LogP contribution >= 0.6 is 0 Å². The van der Waals surface area contributed by atoms with Gasteiger partial charge in [-0.1, -0.05) is 41.5 Å². The van der Waals surface area contributed by atoms with Crippen molar-refractivity contribution < 1.29 is 19.5 Å². The van der Waals surface area contributed by atoms with Crippen molar-refractivity contribution in [1.82, 2.24) is 10.6 Å². The van der Waals surface area contributed by atoms with Gasteiger partial charge in [0.15, 0.2) is 0 Å². The number of carboxylic acid groups (broad SMARTS) is 1. The van der Waals surface area contributed by atoms with Crippen LogP contribution in [0.15, 0.2) is 0 Å². The second kappa shape index (κ2) is 8.64. The molecule has 0 rings (SSSR count). The van der Waals surface area contributed by atoms with E-state index in [1.54, 1.807) is 13.8 Å². The predicted octanol–water partition coefficient (Wildman–Crippen LogP) is 1.40. The molecular formula is C15H28N2O4. The Morgan fingerprint density at radius 2 is 1.33 bits per heavy atom. The van der Waals surface area contributed by atoms with Crippen molar-refractivity contribution in [2.24, 2.45) is 17.8 Å². The first-order chi connectivity index (χ1) is 9.56. The molecule has 0 aliphatic heterocycles. The fourth-order valence-electron chi connectivity index (χ4n) is 1.89. The highest BCUT2D eigenvalue weighted by atomic mass is 16.4. The number of nitrogens with one attached hydrogen (secondary N) is 2. The molecule has 122 valence electrons. The lowest BCUT2D eigenvalue weighted by Gasteiger charge is -2.25. The van der Waals surface area contributed by atoms with Crippen LogP contribution in [0, 0.1) is 17.8 Å². The minimum Gasteiger partial charge on any atom is -0.480 e. The molecule has 0 saturated carbocycles. The summed E-state index contributed by atoms with van der Waals surface area (Å²) in [5.41, 5.74) is 0. The first kappa shape index (κ1) is 19.4. The summed E-state index contributed by atoms with van der Waals surface area (Å²) in [7, 11) is 0. The Morgan fingerprint density at radius 3 is 1.67 bits per heavy atom. The first-order valence-corrected chi connectivity index (χ1v) is 7.38. The van der Waals surface area contributed by atoms with Crippen LogP contribution < -0.4 is 10.6 Å². The van der Waals surface area contributed by atoms with Crippen LogP contribution in [0.25, 0.3) is 0 Å². The molecule has 0 heterocycles. The number of amides is 2. The highest BCUT2D eigenvalue weighted by Gasteiger charge is 2.30. The lowest BCUT2D eigenvalue weighted by molar-refractivity contribution is -0.143. The molecule has 0 aromatic rings. The van der Waals surface area contributed by atoms with E-state index >= 15 is 0 Å². The van der Waals surface area contributed by atoms with Gasteiger partial charge in [-0.2, -0.15) is 0 Å². The van der Waals surface area contributed by atoms with E-state index in [1.807, 2.05) is 27.7 Å². The molecule has 0 spiro atoms. The lowest BCUT2D eigenvalue weighted by Crippen LogP contribution is -2.55. The zero-order valence-electron chi connectivity index (χ0n) is 13.8. The molecule has 6 nitrogen and oxygen atoms in total. The largest absolute Gasteiger partial charge is 0.480 e. The molecule has 0 bridgehead atoms. The zero-order chi connectivity index (χ0) is 16.7. The third kappa shape index (κ3) is 7.11. The van der Waals surface area contributed by atoms with Crippen molar-refractivity contribution in [3.63, 3.8) is 0 Å². The number of rotatable bonds is 8. The maximum absolute atomic E-state index is 12.2. The second-order valence-corrected chi connectivity index (χ2v) is 6.46. The van der Waals surface area contributed by atoms with Gasteiger partial charge in [-0.05, 0) is 17.8 Å². The molecular weight excluding hydrogens is 272 g/mol. The Morgan fingerprint density at radius 1 is 0.857 bits per heavy atom. The monoisotopic (exact) mass is 300 g/mol. The van der Waals surface area contributed by atoms with Crippen molar-refractivity contribution >= 4 is 17.8 Å². The summed E-state index contributed by atoms with van der Waals surface area (Å²) >= 11 is 0. The molecule has 21 heavy (non-hydrogen) atoms. The topological polar surface area (TPSA) is 95.5 Å². The Labute approximate surface area is 126 Å². The van der Waals surface area contributed by atoms with Crippen molar-refractivity contribution in [3.05, 3.63) is 0 Å². The quantitative estimate of drug-likeness (QED) is 0.631. The molecule has 2 atom stereocenters. The van der Waals surface area contributed by atoms with E-state index in [4.69, 9.17) is 5.11 Å². The maximum Gasteiger partial charge on any atom is 0.326 e. The van der Waals surface area contributed by atoms with Crippen molar-refractivity contribution in [3.8, 4) is 0 Å². The average Bonchev–Trinajstić information content (AvgIpc) is 2.30. The smallest absolute Gasteiger partial charge is 0.326 e. The Hall–Kier alpha value is -1.59. The number of carbonyl (C=O) groups excluding carboxylic acids is 2. The standard InChI is InChI=1S/C15H28N2O4/c1-8(2)7-11(18)16-12(9(3)4)14(19)17-13(10(5)6)15(20)21/h8-10,12-13H,7H2,1-6H3,(H,16,18)(H,17,19)(H,20,21)/t12-,13+/m0/s1. The van der Waals surface area contributed by atoms with Gasteiger partial charge < -0.3 is 15.7 Å². The number of hydrogen-bond donors (Lipinski definition) is 3. The summed E-state index contributed by atoms with van der Waals surface area (Å²) in [5, 5.41) is 14.3. The van der Waals surface area contributed by atoms with Crippen LogP contribution in [0.3, 0.4) is 0 Å². The number of carbonyl (C=O) groups is 3. The van der Waals surface area contributed by atoms with E-state index in [-0.39, 0.29) is 23.7 Å². The van der Waals surface area contributed by atoms with Gasteiger partial charge in [0, 0.05) is 6.42 Å². The molecule has 0 aromatic heterocycles. The van der Waals surface area contributed by atoms with Crippen molar-refractivity contribution in [2.75, 3.05) is 0 Å². The van der Waals surface area contributed by atoms with E-state index < -0.39 is 24.0 Å².